The van der Waals surface area contributed by atoms with Crippen LogP contribution in [0.1, 0.15) is 44.1 Å². The fraction of sp³-hybridized carbons (Fsp3) is 0.692. The van der Waals surface area contributed by atoms with Crippen LogP contribution in [0.5, 0.6) is 0 Å². The average molecular weight is 281 g/mol. The summed E-state index contributed by atoms with van der Waals surface area (Å²) >= 11 is 0. The van der Waals surface area contributed by atoms with Crippen molar-refractivity contribution < 1.29 is 14.5 Å². The minimum atomic E-state index is -0.533. The van der Waals surface area contributed by atoms with E-state index in [9.17, 15) is 14.9 Å². The summed E-state index contributed by atoms with van der Waals surface area (Å²) in [5, 5.41) is 15.6. The summed E-state index contributed by atoms with van der Waals surface area (Å²) in [6.07, 6.45) is 2.79. The van der Waals surface area contributed by atoms with Gasteiger partial charge in [-0.25, -0.2) is 9.48 Å². The molecule has 1 aliphatic rings. The van der Waals surface area contributed by atoms with Crippen molar-refractivity contribution in [3.05, 3.63) is 21.5 Å². The normalized spacial score (nSPS) is 15.9. The van der Waals surface area contributed by atoms with E-state index in [1.807, 2.05) is 13.8 Å². The second kappa shape index (κ2) is 5.60. The van der Waals surface area contributed by atoms with Gasteiger partial charge in [0.15, 0.2) is 6.04 Å². The number of carbonyl (C=O) groups is 1. The molecule has 1 aromatic rings. The van der Waals surface area contributed by atoms with Gasteiger partial charge in [0.05, 0.1) is 12.0 Å². The van der Waals surface area contributed by atoms with Crippen LogP contribution in [0.2, 0.25) is 0 Å². The van der Waals surface area contributed by atoms with Crippen molar-refractivity contribution >= 4 is 11.7 Å². The van der Waals surface area contributed by atoms with E-state index in [1.165, 1.54) is 11.8 Å². The summed E-state index contributed by atoms with van der Waals surface area (Å²) in [4.78, 5) is 22.8. The van der Waals surface area contributed by atoms with Crippen molar-refractivity contribution in [3.63, 3.8) is 0 Å². The Morgan fingerprint density at radius 3 is 2.55 bits per heavy atom. The first-order chi connectivity index (χ1) is 9.54. The number of hydrogen-bond acceptors (Lipinski definition) is 5. The number of methoxy groups -OCH3 is 1. The topological polar surface area (TPSA) is 87.3 Å². The fourth-order valence-electron chi connectivity index (χ4n) is 2.55. The first-order valence-electron chi connectivity index (χ1n) is 6.87. The Hall–Kier alpha value is -1.92. The number of ether oxygens (including phenoxy) is 1. The molecule has 1 aliphatic carbocycles. The number of carbonyl (C=O) groups excluding carboxylic acids is 1. The van der Waals surface area contributed by atoms with Crippen molar-refractivity contribution in [2.75, 3.05) is 7.11 Å². The summed E-state index contributed by atoms with van der Waals surface area (Å²) in [5.41, 5.74) is 0.986. The lowest BCUT2D eigenvalue weighted by atomic mass is 10.1. The Morgan fingerprint density at radius 1 is 1.50 bits per heavy atom. The van der Waals surface area contributed by atoms with Crippen LogP contribution in [0, 0.1) is 16.0 Å². The molecule has 0 radical (unpaired) electrons. The number of aryl methyl sites for hydroxylation is 1. The quantitative estimate of drug-likeness (QED) is 0.452. The maximum absolute atomic E-state index is 12.0. The third kappa shape index (κ3) is 2.39. The number of esters is 1. The van der Waals surface area contributed by atoms with Gasteiger partial charge in [-0.05, 0) is 31.6 Å². The van der Waals surface area contributed by atoms with Gasteiger partial charge >= 0.3 is 11.7 Å². The molecular weight excluding hydrogens is 262 g/mol. The molecule has 1 fully saturated rings. The summed E-state index contributed by atoms with van der Waals surface area (Å²) in [6, 6.07) is -0.533. The Labute approximate surface area is 117 Å². The minimum Gasteiger partial charge on any atom is -0.467 e. The summed E-state index contributed by atoms with van der Waals surface area (Å²) < 4.78 is 6.37. The zero-order chi connectivity index (χ0) is 14.9. The number of nitro groups is 1. The van der Waals surface area contributed by atoms with Crippen LogP contribution in [0.4, 0.5) is 5.69 Å². The van der Waals surface area contributed by atoms with Gasteiger partial charge in [-0.15, -0.1) is 0 Å². The van der Waals surface area contributed by atoms with Crippen LogP contribution in [0.3, 0.4) is 0 Å². The van der Waals surface area contributed by atoms with Crippen LogP contribution in [0.25, 0.3) is 0 Å². The van der Waals surface area contributed by atoms with Crippen molar-refractivity contribution in [2.45, 2.75) is 45.6 Å². The van der Waals surface area contributed by atoms with Crippen LogP contribution in [0.15, 0.2) is 0 Å². The van der Waals surface area contributed by atoms with E-state index in [2.05, 4.69) is 5.10 Å². The monoisotopic (exact) mass is 281 g/mol. The standard InChI is InChI=1S/C13H19N3O4/c1-4-9-12(16(18)19)10(5-2)15(14-9)11(8-6-7-8)13(17)20-3/h8,11H,4-7H2,1-3H3. The molecule has 0 aliphatic heterocycles. The molecule has 0 bridgehead atoms. The molecule has 2 rings (SSSR count). The summed E-state index contributed by atoms with van der Waals surface area (Å²) in [7, 11) is 1.34. The van der Waals surface area contributed by atoms with Crippen molar-refractivity contribution in [3.8, 4) is 0 Å². The molecule has 0 spiro atoms. The highest BCUT2D eigenvalue weighted by atomic mass is 16.6. The van der Waals surface area contributed by atoms with E-state index in [1.54, 1.807) is 0 Å². The largest absolute Gasteiger partial charge is 0.467 e. The van der Waals surface area contributed by atoms with E-state index < -0.39 is 11.0 Å². The number of rotatable bonds is 6. The number of hydrogen-bond donors (Lipinski definition) is 0. The van der Waals surface area contributed by atoms with Gasteiger partial charge in [0, 0.05) is 0 Å². The maximum Gasteiger partial charge on any atom is 0.330 e. The molecule has 1 heterocycles. The molecule has 0 N–H and O–H groups in total. The molecule has 1 aromatic heterocycles. The summed E-state index contributed by atoms with van der Waals surface area (Å²) in [5.74, 6) is -0.195. The van der Waals surface area contributed by atoms with Crippen LogP contribution >= 0.6 is 0 Å². The van der Waals surface area contributed by atoms with Gasteiger partial charge in [-0.3, -0.25) is 10.1 Å². The molecule has 1 unspecified atom stereocenters. The van der Waals surface area contributed by atoms with Crippen molar-refractivity contribution in [1.29, 1.82) is 0 Å². The highest BCUT2D eigenvalue weighted by Crippen LogP contribution is 2.42. The third-order valence-corrected chi connectivity index (χ3v) is 3.68. The van der Waals surface area contributed by atoms with E-state index in [0.29, 0.717) is 24.2 Å². The molecule has 0 saturated heterocycles. The SMILES string of the molecule is CCc1nn(C(C(=O)OC)C2CC2)c(CC)c1[N+](=O)[O-]. The zero-order valence-corrected chi connectivity index (χ0v) is 12.0. The lowest BCUT2D eigenvalue weighted by Crippen LogP contribution is -2.25. The first kappa shape index (κ1) is 14.5. The lowest BCUT2D eigenvalue weighted by molar-refractivity contribution is -0.386. The predicted octanol–water partition coefficient (Wildman–Crippen LogP) is 2.04. The van der Waals surface area contributed by atoms with Crippen molar-refractivity contribution in [2.24, 2.45) is 5.92 Å². The van der Waals surface area contributed by atoms with E-state index in [0.717, 1.165) is 12.8 Å². The van der Waals surface area contributed by atoms with Gasteiger partial charge in [0.25, 0.3) is 0 Å². The molecule has 0 amide bonds. The Kier molecular flexibility index (Phi) is 4.06. The van der Waals surface area contributed by atoms with E-state index in [-0.39, 0.29) is 17.6 Å². The van der Waals surface area contributed by atoms with Crippen LogP contribution in [-0.2, 0) is 22.4 Å². The average Bonchev–Trinajstić information content (AvgIpc) is 3.18. The van der Waals surface area contributed by atoms with Gasteiger partial charge in [0.2, 0.25) is 0 Å². The predicted molar refractivity (Wildman–Crippen MR) is 71.4 cm³/mol. The van der Waals surface area contributed by atoms with Gasteiger partial charge < -0.3 is 4.74 Å². The second-order valence-corrected chi connectivity index (χ2v) is 4.96. The van der Waals surface area contributed by atoms with E-state index >= 15 is 0 Å². The smallest absolute Gasteiger partial charge is 0.330 e. The molecule has 1 saturated carbocycles. The molecular formula is C13H19N3O4. The van der Waals surface area contributed by atoms with Crippen LogP contribution < -0.4 is 0 Å². The molecule has 20 heavy (non-hydrogen) atoms. The van der Waals surface area contributed by atoms with Crippen molar-refractivity contribution in [1.82, 2.24) is 9.78 Å². The second-order valence-electron chi connectivity index (χ2n) is 4.96. The highest BCUT2D eigenvalue weighted by molar-refractivity contribution is 5.75. The van der Waals surface area contributed by atoms with Gasteiger partial charge in [-0.2, -0.15) is 5.10 Å². The molecule has 7 heteroatoms. The van der Waals surface area contributed by atoms with E-state index in [4.69, 9.17) is 4.74 Å². The molecule has 110 valence electrons. The summed E-state index contributed by atoms with van der Waals surface area (Å²) in [6.45, 7) is 3.66. The number of aromatic nitrogens is 2. The van der Waals surface area contributed by atoms with Gasteiger partial charge in [-0.1, -0.05) is 13.8 Å². The Morgan fingerprint density at radius 2 is 2.15 bits per heavy atom. The minimum absolute atomic E-state index is 0.0459. The molecule has 7 nitrogen and oxygen atoms in total. The maximum atomic E-state index is 12.0. The highest BCUT2D eigenvalue weighted by Gasteiger charge is 2.42. The number of nitrogens with zero attached hydrogens (tertiary/aromatic N) is 3. The zero-order valence-electron chi connectivity index (χ0n) is 12.0. The Balaban J connectivity index is 2.54. The first-order valence-corrected chi connectivity index (χ1v) is 6.87. The molecule has 1 atom stereocenters. The molecule has 0 aromatic carbocycles. The fourth-order valence-corrected chi connectivity index (χ4v) is 2.55. The lowest BCUT2D eigenvalue weighted by Gasteiger charge is -2.16. The Bertz CT molecular complexity index is 534. The third-order valence-electron chi connectivity index (χ3n) is 3.68. The van der Waals surface area contributed by atoms with Crippen LogP contribution in [-0.4, -0.2) is 27.8 Å². The van der Waals surface area contributed by atoms with Gasteiger partial charge in [0.1, 0.15) is 11.4 Å².